The minimum absolute atomic E-state index is 1.37. The maximum absolute atomic E-state index is 2.66. The molecular formula is C26H53N2+. The molecule has 0 aromatic carbocycles. The average molecular weight is 394 g/mol. The highest BCUT2D eigenvalue weighted by molar-refractivity contribution is 4.70. The van der Waals surface area contributed by atoms with E-state index in [-0.39, 0.29) is 0 Å². The summed E-state index contributed by atoms with van der Waals surface area (Å²) >= 11 is 0. The van der Waals surface area contributed by atoms with Crippen LogP contribution in [-0.2, 0) is 0 Å². The quantitative estimate of drug-likeness (QED) is 0.166. The number of quaternary nitrogens is 1. The molecule has 0 saturated carbocycles. The van der Waals surface area contributed by atoms with Crippen molar-refractivity contribution in [3.05, 3.63) is 0 Å². The van der Waals surface area contributed by atoms with Crippen LogP contribution < -0.4 is 0 Å². The largest absolute Gasteiger partial charge is 0.320 e. The van der Waals surface area contributed by atoms with Crippen LogP contribution in [0.5, 0.6) is 0 Å². The van der Waals surface area contributed by atoms with Gasteiger partial charge in [0.25, 0.3) is 0 Å². The lowest BCUT2D eigenvalue weighted by molar-refractivity contribution is -0.941. The lowest BCUT2D eigenvalue weighted by atomic mass is 10.0. The number of hydrogen-bond donors (Lipinski definition) is 0. The van der Waals surface area contributed by atoms with Gasteiger partial charge in [0.05, 0.1) is 26.2 Å². The van der Waals surface area contributed by atoms with E-state index in [2.05, 4.69) is 11.8 Å². The molecule has 3 saturated heterocycles. The standard InChI is InChI=1S/C26H53N2/c1-2-3-4-5-6-7-8-9-10-11-12-13-14-15-16-17-18-19-23-28-24-20-27(21-25-28)22-26-28/h2-26H2,1H3/q+1. The van der Waals surface area contributed by atoms with Gasteiger partial charge in [-0.1, -0.05) is 110 Å². The second-order valence-corrected chi connectivity index (χ2v) is 10.1. The normalized spacial score (nSPS) is 24.1. The van der Waals surface area contributed by atoms with Gasteiger partial charge < -0.3 is 4.48 Å². The summed E-state index contributed by atoms with van der Waals surface area (Å²) in [4.78, 5) is 2.66. The summed E-state index contributed by atoms with van der Waals surface area (Å²) in [7, 11) is 0. The van der Waals surface area contributed by atoms with E-state index in [0.29, 0.717) is 0 Å². The van der Waals surface area contributed by atoms with E-state index >= 15 is 0 Å². The van der Waals surface area contributed by atoms with Gasteiger partial charge in [-0.05, 0) is 12.8 Å². The number of unbranched alkanes of at least 4 members (excludes halogenated alkanes) is 17. The molecule has 3 aliphatic rings. The molecule has 0 aliphatic carbocycles. The van der Waals surface area contributed by atoms with Gasteiger partial charge in [-0.3, -0.25) is 4.90 Å². The van der Waals surface area contributed by atoms with Gasteiger partial charge in [0.15, 0.2) is 0 Å². The Hall–Kier alpha value is -0.0800. The molecule has 0 aromatic rings. The fourth-order valence-corrected chi connectivity index (χ4v) is 5.42. The molecule has 3 fully saturated rings. The molecule has 166 valence electrons. The Labute approximate surface area is 178 Å². The predicted octanol–water partition coefficient (Wildman–Crippen LogP) is 7.17. The highest BCUT2D eigenvalue weighted by atomic mass is 15.4. The fraction of sp³-hybridized carbons (Fsp3) is 1.00. The van der Waals surface area contributed by atoms with Crippen LogP contribution >= 0.6 is 0 Å². The molecule has 2 bridgehead atoms. The second kappa shape index (κ2) is 15.7. The first-order valence-corrected chi connectivity index (χ1v) is 13.4. The smallest absolute Gasteiger partial charge is 0.0916 e. The molecule has 2 heteroatoms. The van der Waals surface area contributed by atoms with Gasteiger partial charge in [0.2, 0.25) is 0 Å². The summed E-state index contributed by atoms with van der Waals surface area (Å²) in [5.41, 5.74) is 0. The lowest BCUT2D eigenvalue weighted by Crippen LogP contribution is -2.67. The number of rotatable bonds is 19. The van der Waals surface area contributed by atoms with Gasteiger partial charge in [-0.15, -0.1) is 0 Å². The zero-order valence-electron chi connectivity index (χ0n) is 19.6. The predicted molar refractivity (Wildman–Crippen MR) is 125 cm³/mol. The zero-order chi connectivity index (χ0) is 19.8. The third-order valence-electron chi connectivity index (χ3n) is 7.66. The molecule has 28 heavy (non-hydrogen) atoms. The summed E-state index contributed by atoms with van der Waals surface area (Å²) in [6.07, 6.45) is 26.6. The molecule has 0 aromatic heterocycles. The third-order valence-corrected chi connectivity index (χ3v) is 7.66. The SMILES string of the molecule is CCCCCCCCCCCCCCCCCCCC[N+]12CCN(CC1)CC2. The summed E-state index contributed by atoms with van der Waals surface area (Å²) in [6.45, 7) is 12.2. The van der Waals surface area contributed by atoms with E-state index < -0.39 is 0 Å². The first-order chi connectivity index (χ1) is 13.8. The molecule has 0 atom stereocenters. The highest BCUT2D eigenvalue weighted by Gasteiger charge is 2.37. The van der Waals surface area contributed by atoms with E-state index in [1.54, 1.807) is 0 Å². The van der Waals surface area contributed by atoms with Gasteiger partial charge in [0, 0.05) is 19.6 Å². The van der Waals surface area contributed by atoms with Crippen molar-refractivity contribution in [2.24, 2.45) is 0 Å². The minimum atomic E-state index is 1.37. The summed E-state index contributed by atoms with van der Waals surface area (Å²) in [5, 5.41) is 0. The highest BCUT2D eigenvalue weighted by Crippen LogP contribution is 2.21. The van der Waals surface area contributed by atoms with Crippen LogP contribution in [0.3, 0.4) is 0 Å². The van der Waals surface area contributed by atoms with Crippen LogP contribution in [0.2, 0.25) is 0 Å². The van der Waals surface area contributed by atoms with Crippen LogP contribution in [0.25, 0.3) is 0 Å². The molecule has 3 heterocycles. The minimum Gasteiger partial charge on any atom is -0.320 e. The number of nitrogens with zero attached hydrogens (tertiary/aromatic N) is 2. The molecule has 0 amide bonds. The number of fused-ring (bicyclic) bond motifs is 3. The van der Waals surface area contributed by atoms with E-state index in [9.17, 15) is 0 Å². The Kier molecular flexibility index (Phi) is 13.6. The maximum Gasteiger partial charge on any atom is 0.0916 e. The fourth-order valence-electron chi connectivity index (χ4n) is 5.42. The van der Waals surface area contributed by atoms with Crippen molar-refractivity contribution in [1.29, 1.82) is 0 Å². The molecule has 0 radical (unpaired) electrons. The van der Waals surface area contributed by atoms with Gasteiger partial charge in [-0.25, -0.2) is 0 Å². The monoisotopic (exact) mass is 393 g/mol. The van der Waals surface area contributed by atoms with Crippen molar-refractivity contribution in [3.63, 3.8) is 0 Å². The van der Waals surface area contributed by atoms with E-state index in [0.717, 1.165) is 0 Å². The Balaban J connectivity index is 1.24. The molecular weight excluding hydrogens is 340 g/mol. The van der Waals surface area contributed by atoms with E-state index in [4.69, 9.17) is 0 Å². The van der Waals surface area contributed by atoms with Crippen molar-refractivity contribution in [2.45, 2.75) is 122 Å². The van der Waals surface area contributed by atoms with E-state index in [1.165, 1.54) is 166 Å². The molecule has 3 rings (SSSR count). The maximum atomic E-state index is 2.66. The van der Waals surface area contributed by atoms with Crippen LogP contribution in [0.1, 0.15) is 122 Å². The second-order valence-electron chi connectivity index (χ2n) is 10.1. The molecule has 0 spiro atoms. The van der Waals surface area contributed by atoms with Crippen molar-refractivity contribution in [1.82, 2.24) is 4.90 Å². The first kappa shape index (κ1) is 24.2. The Morgan fingerprint density at radius 2 is 0.786 bits per heavy atom. The Morgan fingerprint density at radius 1 is 0.464 bits per heavy atom. The lowest BCUT2D eigenvalue weighted by Gasteiger charge is -2.50. The van der Waals surface area contributed by atoms with E-state index in [1.807, 2.05) is 0 Å². The van der Waals surface area contributed by atoms with Gasteiger partial charge in [0.1, 0.15) is 0 Å². The van der Waals surface area contributed by atoms with Crippen LogP contribution in [0.4, 0.5) is 0 Å². The summed E-state index contributed by atoms with van der Waals surface area (Å²) in [5.74, 6) is 0. The van der Waals surface area contributed by atoms with Crippen molar-refractivity contribution in [2.75, 3.05) is 45.8 Å². The third kappa shape index (κ3) is 10.6. The van der Waals surface area contributed by atoms with Crippen LogP contribution in [0, 0.1) is 0 Å². The molecule has 2 nitrogen and oxygen atoms in total. The zero-order valence-corrected chi connectivity index (χ0v) is 19.6. The van der Waals surface area contributed by atoms with Gasteiger partial charge in [-0.2, -0.15) is 0 Å². The topological polar surface area (TPSA) is 3.24 Å². The molecule has 0 N–H and O–H groups in total. The van der Waals surface area contributed by atoms with Gasteiger partial charge >= 0.3 is 0 Å². The number of piperazine rings is 3. The van der Waals surface area contributed by atoms with Crippen molar-refractivity contribution < 1.29 is 4.48 Å². The number of hydrogen-bond acceptors (Lipinski definition) is 1. The van der Waals surface area contributed by atoms with Crippen LogP contribution in [0.15, 0.2) is 0 Å². The molecule has 0 unspecified atom stereocenters. The molecule has 3 aliphatic heterocycles. The van der Waals surface area contributed by atoms with Crippen molar-refractivity contribution in [3.8, 4) is 0 Å². The summed E-state index contributed by atoms with van der Waals surface area (Å²) < 4.78 is 1.47. The van der Waals surface area contributed by atoms with Crippen molar-refractivity contribution >= 4 is 0 Å². The Bertz CT molecular complexity index is 333. The first-order valence-electron chi connectivity index (χ1n) is 13.4. The van der Waals surface area contributed by atoms with Crippen LogP contribution in [-0.4, -0.2) is 55.2 Å². The Morgan fingerprint density at radius 3 is 1.14 bits per heavy atom. The average Bonchev–Trinajstić information content (AvgIpc) is 2.74. The summed E-state index contributed by atoms with van der Waals surface area (Å²) in [6, 6.07) is 0.